The fraction of sp³-hybridized carbons (Fsp3) is 0.417. The molecule has 0 radical (unpaired) electrons. The molecular weight excluding hydrogens is 426 g/mol. The summed E-state index contributed by atoms with van der Waals surface area (Å²) in [6.07, 6.45) is 4.47. The third-order valence-corrected chi connectivity index (χ3v) is 8.07. The lowest BCUT2D eigenvalue weighted by atomic mass is 9.92. The molecule has 2 aromatic carbocycles. The number of carbonyl (C=O) groups excluding carboxylic acids is 2. The minimum absolute atomic E-state index is 0.0249. The summed E-state index contributed by atoms with van der Waals surface area (Å²) in [4.78, 5) is 25.9. The van der Waals surface area contributed by atoms with Gasteiger partial charge in [-0.1, -0.05) is 18.2 Å². The number of fused-ring (bicyclic) bond motifs is 1. The van der Waals surface area contributed by atoms with E-state index in [1.54, 1.807) is 23.1 Å². The molecule has 1 N–H and O–H groups in total. The molecule has 1 aliphatic heterocycles. The van der Waals surface area contributed by atoms with Crippen LogP contribution in [0.5, 0.6) is 0 Å². The van der Waals surface area contributed by atoms with E-state index >= 15 is 0 Å². The molecule has 0 atom stereocenters. The van der Waals surface area contributed by atoms with Gasteiger partial charge in [-0.3, -0.25) is 9.59 Å². The van der Waals surface area contributed by atoms with Gasteiger partial charge >= 0.3 is 0 Å². The van der Waals surface area contributed by atoms with Crippen LogP contribution >= 0.6 is 0 Å². The van der Waals surface area contributed by atoms with E-state index < -0.39 is 10.0 Å². The van der Waals surface area contributed by atoms with Crippen molar-refractivity contribution in [1.29, 1.82) is 0 Å². The first kappa shape index (κ1) is 22.5. The standard InChI is InChI=1S/C24H29N3O4S/c1-18(28)25-22-9-6-19(7-10-22)16-24(29)26-12-14-27(15-13-26)32(30,31)23-11-8-20-4-2-3-5-21(20)17-23/h6-11,17H,2-5,12-16H2,1H3,(H,25,28). The minimum Gasteiger partial charge on any atom is -0.340 e. The van der Waals surface area contributed by atoms with Crippen LogP contribution in [0.4, 0.5) is 5.69 Å². The van der Waals surface area contributed by atoms with Gasteiger partial charge in [0.25, 0.3) is 0 Å². The summed E-state index contributed by atoms with van der Waals surface area (Å²) in [5.74, 6) is -0.167. The first-order valence-corrected chi connectivity index (χ1v) is 12.5. The van der Waals surface area contributed by atoms with E-state index in [0.717, 1.165) is 36.8 Å². The summed E-state index contributed by atoms with van der Waals surface area (Å²) < 4.78 is 27.8. The molecule has 0 saturated carbocycles. The van der Waals surface area contributed by atoms with Crippen LogP contribution in [0, 0.1) is 0 Å². The monoisotopic (exact) mass is 455 g/mol. The number of nitrogens with one attached hydrogen (secondary N) is 1. The zero-order valence-electron chi connectivity index (χ0n) is 18.3. The van der Waals surface area contributed by atoms with E-state index in [4.69, 9.17) is 0 Å². The highest BCUT2D eigenvalue weighted by Gasteiger charge is 2.30. The van der Waals surface area contributed by atoms with Crippen molar-refractivity contribution in [3.63, 3.8) is 0 Å². The zero-order valence-corrected chi connectivity index (χ0v) is 19.2. The fourth-order valence-electron chi connectivity index (χ4n) is 4.39. The number of nitrogens with zero attached hydrogens (tertiary/aromatic N) is 2. The van der Waals surface area contributed by atoms with Crippen molar-refractivity contribution in [3.05, 3.63) is 59.2 Å². The third-order valence-electron chi connectivity index (χ3n) is 6.18. The van der Waals surface area contributed by atoms with Crippen molar-refractivity contribution in [2.45, 2.75) is 43.9 Å². The van der Waals surface area contributed by atoms with E-state index in [2.05, 4.69) is 5.32 Å². The summed E-state index contributed by atoms with van der Waals surface area (Å²) in [7, 11) is -3.56. The maximum absolute atomic E-state index is 13.1. The Morgan fingerprint density at radius 2 is 1.56 bits per heavy atom. The van der Waals surface area contributed by atoms with E-state index in [0.29, 0.717) is 36.8 Å². The van der Waals surface area contributed by atoms with Gasteiger partial charge in [0.1, 0.15) is 0 Å². The number of aryl methyl sites for hydroxylation is 2. The highest BCUT2D eigenvalue weighted by Crippen LogP contribution is 2.26. The lowest BCUT2D eigenvalue weighted by Gasteiger charge is -2.34. The minimum atomic E-state index is -3.56. The molecule has 0 spiro atoms. The highest BCUT2D eigenvalue weighted by molar-refractivity contribution is 7.89. The van der Waals surface area contributed by atoms with E-state index in [-0.39, 0.29) is 18.2 Å². The normalized spacial score (nSPS) is 17.0. The smallest absolute Gasteiger partial charge is 0.243 e. The number of sulfonamides is 1. The van der Waals surface area contributed by atoms with Crippen LogP contribution in [0.25, 0.3) is 0 Å². The summed E-state index contributed by atoms with van der Waals surface area (Å²) in [6.45, 7) is 2.81. The first-order valence-electron chi connectivity index (χ1n) is 11.1. The molecule has 2 amide bonds. The van der Waals surface area contributed by atoms with Gasteiger partial charge in [-0.15, -0.1) is 0 Å². The molecule has 0 unspecified atom stereocenters. The Kier molecular flexibility index (Phi) is 6.62. The number of rotatable bonds is 5. The van der Waals surface area contributed by atoms with Crippen LogP contribution < -0.4 is 5.32 Å². The van der Waals surface area contributed by atoms with Gasteiger partial charge in [-0.05, 0) is 66.6 Å². The first-order chi connectivity index (χ1) is 15.3. The van der Waals surface area contributed by atoms with Crippen LogP contribution in [0.15, 0.2) is 47.4 Å². The number of hydrogen-bond donors (Lipinski definition) is 1. The maximum Gasteiger partial charge on any atom is 0.243 e. The van der Waals surface area contributed by atoms with Gasteiger partial charge in [0.15, 0.2) is 0 Å². The molecule has 32 heavy (non-hydrogen) atoms. The average molecular weight is 456 g/mol. The van der Waals surface area contributed by atoms with E-state index in [1.807, 2.05) is 24.3 Å². The van der Waals surface area contributed by atoms with Gasteiger partial charge in [0.2, 0.25) is 21.8 Å². The van der Waals surface area contributed by atoms with Crippen molar-refractivity contribution < 1.29 is 18.0 Å². The van der Waals surface area contributed by atoms with Crippen molar-refractivity contribution in [3.8, 4) is 0 Å². The second-order valence-electron chi connectivity index (χ2n) is 8.48. The molecule has 1 aliphatic carbocycles. The number of hydrogen-bond acceptors (Lipinski definition) is 4. The molecule has 1 fully saturated rings. The Morgan fingerprint density at radius 3 is 2.22 bits per heavy atom. The number of anilines is 1. The van der Waals surface area contributed by atoms with Gasteiger partial charge in [-0.25, -0.2) is 8.42 Å². The molecular formula is C24H29N3O4S. The maximum atomic E-state index is 13.1. The topological polar surface area (TPSA) is 86.8 Å². The molecule has 8 heteroatoms. The van der Waals surface area contributed by atoms with Gasteiger partial charge in [0, 0.05) is 38.8 Å². The average Bonchev–Trinajstić information content (AvgIpc) is 2.79. The van der Waals surface area contributed by atoms with Crippen LogP contribution in [0.2, 0.25) is 0 Å². The number of benzene rings is 2. The molecule has 1 saturated heterocycles. The fourth-order valence-corrected chi connectivity index (χ4v) is 5.87. The Balaban J connectivity index is 1.35. The number of piperazine rings is 1. The van der Waals surface area contributed by atoms with Crippen molar-refractivity contribution in [2.24, 2.45) is 0 Å². The Bertz CT molecular complexity index is 1100. The Morgan fingerprint density at radius 1 is 0.906 bits per heavy atom. The van der Waals surface area contributed by atoms with Crippen LogP contribution in [0.3, 0.4) is 0 Å². The second kappa shape index (κ2) is 9.42. The van der Waals surface area contributed by atoms with Crippen LogP contribution in [0.1, 0.15) is 36.5 Å². The number of carbonyl (C=O) groups is 2. The molecule has 0 bridgehead atoms. The quantitative estimate of drug-likeness (QED) is 0.751. The van der Waals surface area contributed by atoms with Crippen LogP contribution in [-0.4, -0.2) is 55.6 Å². The SMILES string of the molecule is CC(=O)Nc1ccc(CC(=O)N2CCN(S(=O)(=O)c3ccc4c(c3)CCCC4)CC2)cc1. The third kappa shape index (κ3) is 5.02. The predicted octanol–water partition coefficient (Wildman–Crippen LogP) is 2.60. The van der Waals surface area contributed by atoms with Gasteiger partial charge < -0.3 is 10.2 Å². The lowest BCUT2D eigenvalue weighted by Crippen LogP contribution is -2.50. The van der Waals surface area contributed by atoms with Gasteiger partial charge in [-0.2, -0.15) is 4.31 Å². The zero-order chi connectivity index (χ0) is 22.7. The largest absolute Gasteiger partial charge is 0.340 e. The van der Waals surface area contributed by atoms with Gasteiger partial charge in [0.05, 0.1) is 11.3 Å². The molecule has 2 aromatic rings. The van der Waals surface area contributed by atoms with Crippen molar-refractivity contribution >= 4 is 27.5 Å². The Hall–Kier alpha value is -2.71. The van der Waals surface area contributed by atoms with E-state index in [1.165, 1.54) is 16.8 Å². The molecule has 7 nitrogen and oxygen atoms in total. The highest BCUT2D eigenvalue weighted by atomic mass is 32.2. The van der Waals surface area contributed by atoms with Crippen LogP contribution in [-0.2, 0) is 38.9 Å². The van der Waals surface area contributed by atoms with Crippen molar-refractivity contribution in [2.75, 3.05) is 31.5 Å². The second-order valence-corrected chi connectivity index (χ2v) is 10.4. The summed E-state index contributed by atoms with van der Waals surface area (Å²) in [5, 5.41) is 2.70. The molecule has 2 aliphatic rings. The molecule has 1 heterocycles. The summed E-state index contributed by atoms with van der Waals surface area (Å²) >= 11 is 0. The van der Waals surface area contributed by atoms with E-state index in [9.17, 15) is 18.0 Å². The lowest BCUT2D eigenvalue weighted by molar-refractivity contribution is -0.131. The molecule has 4 rings (SSSR count). The number of amides is 2. The summed E-state index contributed by atoms with van der Waals surface area (Å²) in [5.41, 5.74) is 3.95. The molecule has 170 valence electrons. The summed E-state index contributed by atoms with van der Waals surface area (Å²) in [6, 6.07) is 12.7. The van der Waals surface area contributed by atoms with Crippen molar-refractivity contribution in [1.82, 2.24) is 9.21 Å². The Labute approximate surface area is 189 Å². The molecule has 0 aromatic heterocycles. The predicted molar refractivity (Wildman–Crippen MR) is 123 cm³/mol.